The van der Waals surface area contributed by atoms with Gasteiger partial charge >= 0.3 is 0 Å². The standard InChI is InChI=1S/C22H19NS/c1-17-15-22(23-16-24)14-13-19(17)10-7-18-8-11-21(12-9-18)20-5-3-2-4-6-20/h5,8-9,11-15H,2-4,6H2,1H3. The molecule has 0 saturated carbocycles. The molecular weight excluding hydrogens is 310 g/mol. The third-order valence-corrected chi connectivity index (χ3v) is 4.36. The zero-order valence-electron chi connectivity index (χ0n) is 13.8. The summed E-state index contributed by atoms with van der Waals surface area (Å²) in [5.41, 5.74) is 6.77. The van der Waals surface area contributed by atoms with Gasteiger partial charge in [-0.1, -0.05) is 30.0 Å². The molecule has 0 heterocycles. The summed E-state index contributed by atoms with van der Waals surface area (Å²) in [7, 11) is 0. The summed E-state index contributed by atoms with van der Waals surface area (Å²) in [6, 6.07) is 14.5. The Balaban J connectivity index is 1.78. The molecule has 0 amide bonds. The normalized spacial score (nSPS) is 13.3. The number of allylic oxidation sites excluding steroid dienone is 2. The Morgan fingerprint density at radius 1 is 1.00 bits per heavy atom. The Morgan fingerprint density at radius 3 is 2.50 bits per heavy atom. The summed E-state index contributed by atoms with van der Waals surface area (Å²) >= 11 is 4.63. The second-order valence-electron chi connectivity index (χ2n) is 6.00. The van der Waals surface area contributed by atoms with Gasteiger partial charge in [-0.25, -0.2) is 0 Å². The highest BCUT2D eigenvalue weighted by Gasteiger charge is 2.05. The predicted octanol–water partition coefficient (Wildman–Crippen LogP) is 6.09. The Bertz CT molecular complexity index is 872. The van der Waals surface area contributed by atoms with Gasteiger partial charge in [-0.3, -0.25) is 0 Å². The highest BCUT2D eigenvalue weighted by atomic mass is 32.1. The number of aliphatic imine (C=N–C) groups is 1. The lowest BCUT2D eigenvalue weighted by atomic mass is 9.93. The zero-order valence-corrected chi connectivity index (χ0v) is 14.6. The fourth-order valence-electron chi connectivity index (χ4n) is 2.92. The zero-order chi connectivity index (χ0) is 16.8. The maximum atomic E-state index is 4.63. The van der Waals surface area contributed by atoms with Gasteiger partial charge in [0, 0.05) is 11.1 Å². The summed E-state index contributed by atoms with van der Waals surface area (Å²) in [4.78, 5) is 3.99. The van der Waals surface area contributed by atoms with Crippen molar-refractivity contribution in [2.24, 2.45) is 4.99 Å². The van der Waals surface area contributed by atoms with Crippen molar-refractivity contribution in [3.8, 4) is 11.8 Å². The van der Waals surface area contributed by atoms with Crippen LogP contribution in [0.1, 0.15) is 47.9 Å². The van der Waals surface area contributed by atoms with Crippen LogP contribution in [-0.2, 0) is 0 Å². The van der Waals surface area contributed by atoms with Crippen LogP contribution in [0.5, 0.6) is 0 Å². The topological polar surface area (TPSA) is 12.4 Å². The summed E-state index contributed by atoms with van der Waals surface area (Å²) in [5.74, 6) is 6.49. The van der Waals surface area contributed by atoms with Gasteiger partial charge in [-0.05, 0) is 91.9 Å². The second kappa shape index (κ2) is 7.88. The SMILES string of the molecule is Cc1cc(N=C=S)ccc1C#Cc1ccc(C2=CCCCC2)cc1. The van der Waals surface area contributed by atoms with E-state index in [0.29, 0.717) is 0 Å². The van der Waals surface area contributed by atoms with Gasteiger partial charge in [0.15, 0.2) is 0 Å². The number of isothiocyanates is 1. The molecule has 0 spiro atoms. The molecule has 3 rings (SSSR count). The summed E-state index contributed by atoms with van der Waals surface area (Å²) in [6.45, 7) is 2.03. The monoisotopic (exact) mass is 329 g/mol. The Morgan fingerprint density at radius 2 is 1.83 bits per heavy atom. The maximum absolute atomic E-state index is 4.63. The average molecular weight is 329 g/mol. The molecule has 1 nitrogen and oxygen atoms in total. The minimum Gasteiger partial charge on any atom is -0.195 e. The van der Waals surface area contributed by atoms with Crippen molar-refractivity contribution in [1.82, 2.24) is 0 Å². The third-order valence-electron chi connectivity index (χ3n) is 4.27. The van der Waals surface area contributed by atoms with Crippen LogP contribution >= 0.6 is 12.2 Å². The molecule has 118 valence electrons. The van der Waals surface area contributed by atoms with E-state index in [0.717, 1.165) is 22.4 Å². The first-order valence-corrected chi connectivity index (χ1v) is 8.67. The van der Waals surface area contributed by atoms with Gasteiger partial charge in [-0.2, -0.15) is 4.99 Å². The molecule has 0 aromatic heterocycles. The second-order valence-corrected chi connectivity index (χ2v) is 6.19. The summed E-state index contributed by atoms with van der Waals surface area (Å²) < 4.78 is 0. The van der Waals surface area contributed by atoms with Crippen molar-refractivity contribution in [1.29, 1.82) is 0 Å². The summed E-state index contributed by atoms with van der Waals surface area (Å²) in [5, 5.41) is 2.39. The Kier molecular flexibility index (Phi) is 5.39. The van der Waals surface area contributed by atoms with Crippen molar-refractivity contribution >= 4 is 28.6 Å². The molecule has 24 heavy (non-hydrogen) atoms. The van der Waals surface area contributed by atoms with Crippen LogP contribution in [0.4, 0.5) is 5.69 Å². The van der Waals surface area contributed by atoms with Gasteiger partial charge in [0.2, 0.25) is 0 Å². The van der Waals surface area contributed by atoms with Gasteiger partial charge in [0.1, 0.15) is 0 Å². The first kappa shape index (κ1) is 16.4. The number of hydrogen-bond acceptors (Lipinski definition) is 2. The molecule has 2 aromatic carbocycles. The van der Waals surface area contributed by atoms with E-state index in [1.165, 1.54) is 36.8 Å². The fraction of sp³-hybridized carbons (Fsp3) is 0.227. The highest BCUT2D eigenvalue weighted by molar-refractivity contribution is 7.78. The molecule has 0 radical (unpaired) electrons. The molecule has 0 N–H and O–H groups in total. The van der Waals surface area contributed by atoms with E-state index >= 15 is 0 Å². The molecule has 2 aromatic rings. The lowest BCUT2D eigenvalue weighted by Crippen LogP contribution is -1.91. The molecule has 0 unspecified atom stereocenters. The van der Waals surface area contributed by atoms with Crippen LogP contribution in [0.2, 0.25) is 0 Å². The smallest absolute Gasteiger partial charge is 0.0743 e. The molecule has 1 aliphatic rings. The molecule has 0 saturated heterocycles. The van der Waals surface area contributed by atoms with E-state index < -0.39 is 0 Å². The van der Waals surface area contributed by atoms with E-state index in [2.05, 4.69) is 64.6 Å². The number of nitrogens with zero attached hydrogens (tertiary/aromatic N) is 1. The van der Waals surface area contributed by atoms with Crippen LogP contribution in [0.25, 0.3) is 5.57 Å². The van der Waals surface area contributed by atoms with E-state index in [1.807, 2.05) is 25.1 Å². The van der Waals surface area contributed by atoms with Crippen molar-refractivity contribution in [2.75, 3.05) is 0 Å². The van der Waals surface area contributed by atoms with Gasteiger partial charge in [0.25, 0.3) is 0 Å². The number of aryl methyl sites for hydroxylation is 1. The predicted molar refractivity (Wildman–Crippen MR) is 105 cm³/mol. The minimum atomic E-state index is 0.818. The quantitative estimate of drug-likeness (QED) is 0.369. The van der Waals surface area contributed by atoms with Crippen molar-refractivity contribution in [3.63, 3.8) is 0 Å². The van der Waals surface area contributed by atoms with Crippen LogP contribution in [0.3, 0.4) is 0 Å². The van der Waals surface area contributed by atoms with Crippen LogP contribution in [0, 0.1) is 18.8 Å². The van der Waals surface area contributed by atoms with Gasteiger partial charge in [-0.15, -0.1) is 0 Å². The minimum absolute atomic E-state index is 0.818. The molecule has 0 fully saturated rings. The van der Waals surface area contributed by atoms with E-state index in [1.54, 1.807) is 0 Å². The Labute approximate surface area is 149 Å². The number of hydrogen-bond donors (Lipinski definition) is 0. The van der Waals surface area contributed by atoms with Crippen LogP contribution in [-0.4, -0.2) is 5.16 Å². The highest BCUT2D eigenvalue weighted by Crippen LogP contribution is 2.26. The largest absolute Gasteiger partial charge is 0.195 e. The molecule has 0 atom stereocenters. The Hall–Kier alpha value is -2.46. The molecule has 2 heteroatoms. The first-order valence-electron chi connectivity index (χ1n) is 8.26. The van der Waals surface area contributed by atoms with Crippen LogP contribution in [0.15, 0.2) is 53.5 Å². The third kappa shape index (κ3) is 4.09. The molecule has 0 aliphatic heterocycles. The fourth-order valence-corrected chi connectivity index (χ4v) is 3.02. The molecular formula is C22H19NS. The maximum Gasteiger partial charge on any atom is 0.0743 e. The summed E-state index contributed by atoms with van der Waals surface area (Å²) in [6.07, 6.45) is 7.40. The van der Waals surface area contributed by atoms with E-state index in [9.17, 15) is 0 Å². The number of rotatable bonds is 2. The van der Waals surface area contributed by atoms with E-state index in [-0.39, 0.29) is 0 Å². The van der Waals surface area contributed by atoms with Crippen molar-refractivity contribution < 1.29 is 0 Å². The number of thiocarbonyl (C=S) groups is 1. The average Bonchev–Trinajstić information content (AvgIpc) is 2.62. The molecule has 1 aliphatic carbocycles. The van der Waals surface area contributed by atoms with E-state index in [4.69, 9.17) is 0 Å². The van der Waals surface area contributed by atoms with Gasteiger partial charge in [0.05, 0.1) is 10.8 Å². The van der Waals surface area contributed by atoms with Crippen LogP contribution < -0.4 is 0 Å². The molecule has 0 bridgehead atoms. The van der Waals surface area contributed by atoms with Gasteiger partial charge < -0.3 is 0 Å². The van der Waals surface area contributed by atoms with Crippen molar-refractivity contribution in [3.05, 3.63) is 70.8 Å². The van der Waals surface area contributed by atoms with Crippen molar-refractivity contribution in [2.45, 2.75) is 32.6 Å². The lowest BCUT2D eigenvalue weighted by Gasteiger charge is -2.12. The lowest BCUT2D eigenvalue weighted by molar-refractivity contribution is 0.742. The first-order chi connectivity index (χ1) is 11.8. The number of benzene rings is 2.